The number of carbonyl (C=O) groups excluding carboxylic acids is 2. The van der Waals surface area contributed by atoms with Gasteiger partial charge in [-0.3, -0.25) is 9.59 Å². The molecular formula is C29H25FN2O5. The van der Waals surface area contributed by atoms with Gasteiger partial charge >= 0.3 is 0 Å². The average molecular weight is 501 g/mol. The van der Waals surface area contributed by atoms with Gasteiger partial charge in [-0.25, -0.2) is 4.39 Å². The van der Waals surface area contributed by atoms with Crippen LogP contribution in [0.2, 0.25) is 0 Å². The number of ether oxygens (including phenoxy) is 2. The number of methoxy groups -OCH3 is 2. The standard InChI is InChI=1S/C29H25FN2O5/c1-36-19-9-7-17(8-10-19)27(33)25-26(21-5-3-4-6-23(21)30)32(29(35)28(25)34)14-13-18-16-31-24-12-11-20(37-2)15-22(18)24/h3-12,15-16,26,31,33H,13-14H2,1-2H3/b27-25-. The quantitative estimate of drug-likeness (QED) is 0.212. The molecule has 4 aromatic rings. The van der Waals surface area contributed by atoms with Crippen LogP contribution >= 0.6 is 0 Å². The van der Waals surface area contributed by atoms with Gasteiger partial charge in [-0.2, -0.15) is 0 Å². The Morgan fingerprint density at radius 3 is 2.41 bits per heavy atom. The van der Waals surface area contributed by atoms with E-state index in [1.807, 2.05) is 24.4 Å². The Kier molecular flexibility index (Phi) is 6.40. The van der Waals surface area contributed by atoms with Gasteiger partial charge in [0.15, 0.2) is 0 Å². The number of fused-ring (bicyclic) bond motifs is 1. The Morgan fingerprint density at radius 1 is 1.00 bits per heavy atom. The number of hydrogen-bond acceptors (Lipinski definition) is 5. The number of Topliss-reactive ketones (excluding diaryl/α,β-unsaturated/α-hetero) is 1. The molecule has 0 radical (unpaired) electrons. The Bertz CT molecular complexity index is 1520. The minimum Gasteiger partial charge on any atom is -0.507 e. The molecule has 1 fully saturated rings. The second kappa shape index (κ2) is 9.81. The fourth-order valence-electron chi connectivity index (χ4n) is 4.77. The fourth-order valence-corrected chi connectivity index (χ4v) is 4.77. The van der Waals surface area contributed by atoms with Crippen molar-refractivity contribution in [3.05, 3.63) is 101 Å². The second-order valence-electron chi connectivity index (χ2n) is 8.72. The zero-order valence-electron chi connectivity index (χ0n) is 20.3. The molecule has 2 heterocycles. The summed E-state index contributed by atoms with van der Waals surface area (Å²) < 4.78 is 25.5. The molecule has 3 aromatic carbocycles. The molecule has 188 valence electrons. The lowest BCUT2D eigenvalue weighted by Crippen LogP contribution is -2.32. The topological polar surface area (TPSA) is 91.9 Å². The van der Waals surface area contributed by atoms with E-state index in [0.29, 0.717) is 23.5 Å². The normalized spacial score (nSPS) is 16.9. The monoisotopic (exact) mass is 500 g/mol. The van der Waals surface area contributed by atoms with Crippen LogP contribution in [0, 0.1) is 5.82 Å². The molecule has 2 N–H and O–H groups in total. The molecule has 1 unspecified atom stereocenters. The molecule has 7 nitrogen and oxygen atoms in total. The van der Waals surface area contributed by atoms with Crippen LogP contribution in [-0.2, 0) is 16.0 Å². The third-order valence-corrected chi connectivity index (χ3v) is 6.70. The van der Waals surface area contributed by atoms with E-state index in [-0.39, 0.29) is 23.4 Å². The lowest BCUT2D eigenvalue weighted by atomic mass is 9.94. The number of hydrogen-bond donors (Lipinski definition) is 2. The second-order valence-corrected chi connectivity index (χ2v) is 8.72. The summed E-state index contributed by atoms with van der Waals surface area (Å²) in [4.78, 5) is 31.0. The number of aromatic nitrogens is 1. The van der Waals surface area contributed by atoms with Crippen molar-refractivity contribution in [2.75, 3.05) is 20.8 Å². The van der Waals surface area contributed by atoms with Gasteiger partial charge in [-0.15, -0.1) is 0 Å². The molecule has 1 aliphatic rings. The Labute approximate surface area is 212 Å². The highest BCUT2D eigenvalue weighted by Gasteiger charge is 2.46. The van der Waals surface area contributed by atoms with Gasteiger partial charge in [0.05, 0.1) is 25.8 Å². The lowest BCUT2D eigenvalue weighted by Gasteiger charge is -2.25. The zero-order chi connectivity index (χ0) is 26.1. The van der Waals surface area contributed by atoms with E-state index in [0.717, 1.165) is 16.5 Å². The van der Waals surface area contributed by atoms with Crippen LogP contribution in [0.5, 0.6) is 11.5 Å². The van der Waals surface area contributed by atoms with Crippen LogP contribution in [-0.4, -0.2) is 47.4 Å². The van der Waals surface area contributed by atoms with Crippen molar-refractivity contribution in [2.45, 2.75) is 12.5 Å². The number of H-pyrrole nitrogens is 1. The van der Waals surface area contributed by atoms with E-state index in [1.54, 1.807) is 37.4 Å². The highest BCUT2D eigenvalue weighted by Crippen LogP contribution is 2.40. The number of benzene rings is 3. The number of ketones is 1. The average Bonchev–Trinajstić information content (AvgIpc) is 3.44. The summed E-state index contributed by atoms with van der Waals surface area (Å²) in [5, 5.41) is 12.1. The van der Waals surface area contributed by atoms with Crippen LogP contribution in [0.1, 0.15) is 22.7 Å². The van der Waals surface area contributed by atoms with Gasteiger partial charge in [0.1, 0.15) is 23.1 Å². The third kappa shape index (κ3) is 4.31. The Morgan fingerprint density at radius 2 is 1.70 bits per heavy atom. The van der Waals surface area contributed by atoms with Crippen molar-refractivity contribution in [3.8, 4) is 11.5 Å². The highest BCUT2D eigenvalue weighted by molar-refractivity contribution is 6.46. The molecule has 1 aliphatic heterocycles. The maximum atomic E-state index is 15.0. The third-order valence-electron chi connectivity index (χ3n) is 6.70. The first-order valence-electron chi connectivity index (χ1n) is 11.7. The van der Waals surface area contributed by atoms with Crippen molar-refractivity contribution in [3.63, 3.8) is 0 Å². The first-order valence-corrected chi connectivity index (χ1v) is 11.7. The van der Waals surface area contributed by atoms with Crippen molar-refractivity contribution >= 4 is 28.4 Å². The van der Waals surface area contributed by atoms with Crippen LogP contribution in [0.25, 0.3) is 16.7 Å². The maximum absolute atomic E-state index is 15.0. The number of likely N-dealkylation sites (tertiary alicyclic amines) is 1. The number of aliphatic hydroxyl groups excluding tert-OH is 1. The van der Waals surface area contributed by atoms with Gasteiger partial charge in [0.25, 0.3) is 11.7 Å². The smallest absolute Gasteiger partial charge is 0.295 e. The largest absolute Gasteiger partial charge is 0.507 e. The molecule has 8 heteroatoms. The van der Waals surface area contributed by atoms with Crippen molar-refractivity contribution < 1.29 is 28.6 Å². The van der Waals surface area contributed by atoms with Gasteiger partial charge in [0, 0.05) is 34.8 Å². The van der Waals surface area contributed by atoms with E-state index < -0.39 is 23.5 Å². The highest BCUT2D eigenvalue weighted by atomic mass is 19.1. The number of carbonyl (C=O) groups is 2. The summed E-state index contributed by atoms with van der Waals surface area (Å²) in [6.07, 6.45) is 2.24. The van der Waals surface area contributed by atoms with Crippen molar-refractivity contribution in [2.24, 2.45) is 0 Å². The summed E-state index contributed by atoms with van der Waals surface area (Å²) in [5.74, 6) is -1.33. The Hall–Kier alpha value is -4.59. The lowest BCUT2D eigenvalue weighted by molar-refractivity contribution is -0.139. The number of nitrogens with one attached hydrogen (secondary N) is 1. The SMILES string of the molecule is COc1ccc(/C(O)=C2/C(=O)C(=O)N(CCc3c[nH]c4ccc(OC)cc34)C2c2ccccc2F)cc1. The molecule has 37 heavy (non-hydrogen) atoms. The summed E-state index contributed by atoms with van der Waals surface area (Å²) >= 11 is 0. The number of halogens is 1. The van der Waals surface area contributed by atoms with Crippen LogP contribution in [0.15, 0.2) is 78.5 Å². The summed E-state index contributed by atoms with van der Waals surface area (Å²) in [7, 11) is 3.10. The van der Waals surface area contributed by atoms with E-state index >= 15 is 4.39 Å². The molecule has 5 rings (SSSR count). The van der Waals surface area contributed by atoms with Crippen molar-refractivity contribution in [1.82, 2.24) is 9.88 Å². The molecule has 0 bridgehead atoms. The number of aromatic amines is 1. The summed E-state index contributed by atoms with van der Waals surface area (Å²) in [6, 6.07) is 17.0. The number of aliphatic hydroxyl groups is 1. The predicted octanol–water partition coefficient (Wildman–Crippen LogP) is 4.99. The number of amides is 1. The molecular weight excluding hydrogens is 475 g/mol. The van der Waals surface area contributed by atoms with Crippen LogP contribution in [0.3, 0.4) is 0 Å². The molecule has 0 spiro atoms. The van der Waals surface area contributed by atoms with E-state index in [2.05, 4.69) is 4.98 Å². The van der Waals surface area contributed by atoms with Gasteiger partial charge in [-0.05, 0) is 60.5 Å². The predicted molar refractivity (Wildman–Crippen MR) is 137 cm³/mol. The maximum Gasteiger partial charge on any atom is 0.295 e. The van der Waals surface area contributed by atoms with E-state index in [1.165, 1.54) is 30.2 Å². The van der Waals surface area contributed by atoms with E-state index in [4.69, 9.17) is 9.47 Å². The molecule has 0 aliphatic carbocycles. The summed E-state index contributed by atoms with van der Waals surface area (Å²) in [6.45, 7) is 0.132. The minimum absolute atomic E-state index is 0.132. The summed E-state index contributed by atoms with van der Waals surface area (Å²) in [5.41, 5.74) is 2.13. The van der Waals surface area contributed by atoms with Crippen LogP contribution in [0.4, 0.5) is 4.39 Å². The minimum atomic E-state index is -1.08. The molecule has 0 saturated carbocycles. The number of nitrogens with zero attached hydrogens (tertiary/aromatic N) is 1. The Balaban J connectivity index is 1.56. The first-order chi connectivity index (χ1) is 17.9. The molecule has 1 saturated heterocycles. The van der Waals surface area contributed by atoms with Gasteiger partial charge in [-0.1, -0.05) is 18.2 Å². The fraction of sp³-hybridized carbons (Fsp3) is 0.172. The van der Waals surface area contributed by atoms with Crippen molar-refractivity contribution in [1.29, 1.82) is 0 Å². The van der Waals surface area contributed by atoms with Gasteiger partial charge in [0.2, 0.25) is 0 Å². The molecule has 1 amide bonds. The molecule has 1 atom stereocenters. The molecule has 1 aromatic heterocycles. The first kappa shape index (κ1) is 24.1. The zero-order valence-corrected chi connectivity index (χ0v) is 20.3. The van der Waals surface area contributed by atoms with Gasteiger partial charge < -0.3 is 24.5 Å². The van der Waals surface area contributed by atoms with E-state index in [9.17, 15) is 14.7 Å². The van der Waals surface area contributed by atoms with Crippen LogP contribution < -0.4 is 9.47 Å². The number of rotatable bonds is 7.